The molecule has 0 aromatic heterocycles. The second-order valence-corrected chi connectivity index (χ2v) is 4.54. The molecule has 0 bridgehead atoms. The van der Waals surface area contributed by atoms with Crippen molar-refractivity contribution in [2.75, 3.05) is 41.0 Å². The van der Waals surface area contributed by atoms with E-state index in [9.17, 15) is 4.39 Å². The van der Waals surface area contributed by atoms with Crippen molar-refractivity contribution in [3.63, 3.8) is 0 Å². The minimum atomic E-state index is -0.547. The fourth-order valence-electron chi connectivity index (χ4n) is 1.35. The Kier molecular flexibility index (Phi) is 34.8. The predicted octanol–water partition coefficient (Wildman–Crippen LogP) is 4.46. The molecule has 0 heterocycles. The fraction of sp³-hybridized carbons (Fsp3) is 0.917. The normalized spacial score (nSPS) is 20.3. The average Bonchev–Trinajstić information content (AvgIpc) is 2.63. The van der Waals surface area contributed by atoms with Crippen molar-refractivity contribution >= 4 is 11.9 Å². The third-order valence-electron chi connectivity index (χ3n) is 1.98. The van der Waals surface area contributed by atoms with Crippen molar-refractivity contribution in [3.05, 3.63) is 22.8 Å². The van der Waals surface area contributed by atoms with Crippen LogP contribution in [0.2, 0.25) is 0 Å². The Morgan fingerprint density at radius 1 is 1.06 bits per heavy atom. The van der Waals surface area contributed by atoms with Gasteiger partial charge in [-0.2, -0.15) is 35.2 Å². The Morgan fingerprint density at radius 2 is 1.50 bits per heavy atom. The summed E-state index contributed by atoms with van der Waals surface area (Å²) in [5.41, 5.74) is 0. The van der Waals surface area contributed by atoms with Crippen LogP contribution < -0.4 is 0 Å². The largest absolute Gasteiger partial charge is 4.00 e. The summed E-state index contributed by atoms with van der Waals surface area (Å²) in [7, 11) is 8.76. The Hall–Kier alpha value is 0.874. The summed E-state index contributed by atoms with van der Waals surface area (Å²) in [6.07, 6.45) is 2.35. The molecule has 1 saturated carbocycles. The van der Waals surface area contributed by atoms with Crippen LogP contribution in [0.25, 0.3) is 15.4 Å². The average molecular weight is 313 g/mol. The standard InChI is InChI=1S/C7H13FNS.2C2H6N.CH3.Ti/c1-9-10-5-6-3-2-4-7(6)8;2*1-3-2;;/h6-7H,2-5H2,1H3;2*1-2H3;1H3;/q4*-1;+4. The van der Waals surface area contributed by atoms with Crippen molar-refractivity contribution in [3.8, 4) is 0 Å². The first-order valence-corrected chi connectivity index (χ1v) is 6.43. The van der Waals surface area contributed by atoms with Gasteiger partial charge in [-0.1, -0.05) is 6.42 Å². The number of halogens is 1. The summed E-state index contributed by atoms with van der Waals surface area (Å²) >= 11 is 1.49. The van der Waals surface area contributed by atoms with Gasteiger partial charge in [-0.3, -0.25) is 11.9 Å². The van der Waals surface area contributed by atoms with E-state index in [0.717, 1.165) is 25.0 Å². The van der Waals surface area contributed by atoms with Crippen LogP contribution in [-0.4, -0.2) is 47.2 Å². The minimum absolute atomic E-state index is 0. The molecule has 0 N–H and O–H groups in total. The van der Waals surface area contributed by atoms with Crippen LogP contribution in [0.3, 0.4) is 0 Å². The molecule has 6 heteroatoms. The topological polar surface area (TPSA) is 42.3 Å². The van der Waals surface area contributed by atoms with Crippen molar-refractivity contribution in [2.24, 2.45) is 5.92 Å². The molecule has 3 nitrogen and oxygen atoms in total. The van der Waals surface area contributed by atoms with E-state index in [-0.39, 0.29) is 35.1 Å². The molecule has 1 rings (SSSR count). The molecule has 2 atom stereocenters. The fourth-order valence-corrected chi connectivity index (χ4v) is 2.07. The zero-order chi connectivity index (χ0) is 12.8. The number of nitrogens with zero attached hydrogens (tertiary/aromatic N) is 3. The van der Waals surface area contributed by atoms with Gasteiger partial charge in [0.15, 0.2) is 0 Å². The molecule has 0 spiro atoms. The summed E-state index contributed by atoms with van der Waals surface area (Å²) in [6, 6.07) is 0. The second-order valence-electron chi connectivity index (χ2n) is 3.58. The van der Waals surface area contributed by atoms with Gasteiger partial charge in [0, 0.05) is 0 Å². The molecular weight excluding hydrogens is 285 g/mol. The van der Waals surface area contributed by atoms with E-state index in [0.29, 0.717) is 0 Å². The molecule has 108 valence electrons. The van der Waals surface area contributed by atoms with E-state index in [1.165, 1.54) is 11.9 Å². The van der Waals surface area contributed by atoms with Crippen molar-refractivity contribution in [2.45, 2.75) is 25.4 Å². The first-order valence-electron chi connectivity index (χ1n) is 5.48. The van der Waals surface area contributed by atoms with Gasteiger partial charge in [-0.25, -0.2) is 4.39 Å². The molecule has 0 aromatic rings. The van der Waals surface area contributed by atoms with Crippen LogP contribution in [0.15, 0.2) is 0 Å². The van der Waals surface area contributed by atoms with Crippen LogP contribution in [0.5, 0.6) is 0 Å². The first-order chi connectivity index (χ1) is 7.67. The molecular formula is C12H28FN3STi. The van der Waals surface area contributed by atoms with Gasteiger partial charge in [-0.15, -0.1) is 0 Å². The van der Waals surface area contributed by atoms with Gasteiger partial charge in [0.2, 0.25) is 0 Å². The van der Waals surface area contributed by atoms with Crippen molar-refractivity contribution < 1.29 is 26.1 Å². The van der Waals surface area contributed by atoms with Crippen LogP contribution in [0, 0.1) is 13.3 Å². The molecule has 0 saturated heterocycles. The van der Waals surface area contributed by atoms with E-state index in [2.05, 4.69) is 15.4 Å². The molecule has 0 aliphatic heterocycles. The Labute approximate surface area is 133 Å². The van der Waals surface area contributed by atoms with Crippen LogP contribution in [0.4, 0.5) is 4.39 Å². The Balaban J connectivity index is -0.000000106. The van der Waals surface area contributed by atoms with Crippen LogP contribution >= 0.6 is 11.9 Å². The quantitative estimate of drug-likeness (QED) is 0.431. The Bertz CT molecular complexity index is 132. The van der Waals surface area contributed by atoms with E-state index in [1.807, 2.05) is 0 Å². The van der Waals surface area contributed by atoms with Gasteiger partial charge in [-0.05, 0) is 24.5 Å². The maximum absolute atomic E-state index is 12.9. The molecule has 1 fully saturated rings. The monoisotopic (exact) mass is 313 g/mol. The van der Waals surface area contributed by atoms with Crippen LogP contribution in [-0.2, 0) is 21.7 Å². The van der Waals surface area contributed by atoms with E-state index >= 15 is 0 Å². The smallest absolute Gasteiger partial charge is 0.668 e. The predicted molar refractivity (Wildman–Crippen MR) is 80.8 cm³/mol. The number of hydrogen-bond donors (Lipinski definition) is 0. The molecule has 0 radical (unpaired) electrons. The van der Waals surface area contributed by atoms with Gasteiger partial charge in [0.1, 0.15) is 6.17 Å². The summed E-state index contributed by atoms with van der Waals surface area (Å²) in [4.78, 5) is 0. The first kappa shape index (κ1) is 27.3. The van der Waals surface area contributed by atoms with Gasteiger partial charge < -0.3 is 22.8 Å². The van der Waals surface area contributed by atoms with Gasteiger partial charge >= 0.3 is 21.7 Å². The number of rotatable bonds is 3. The van der Waals surface area contributed by atoms with E-state index < -0.39 is 6.17 Å². The number of alkyl halides is 1. The molecule has 18 heavy (non-hydrogen) atoms. The third-order valence-corrected chi connectivity index (χ3v) is 2.82. The molecule has 0 aromatic carbocycles. The minimum Gasteiger partial charge on any atom is -0.668 e. The van der Waals surface area contributed by atoms with E-state index in [4.69, 9.17) is 0 Å². The maximum Gasteiger partial charge on any atom is 4.00 e. The second kappa shape index (κ2) is 23.0. The molecule has 1 aliphatic carbocycles. The van der Waals surface area contributed by atoms with Gasteiger partial charge in [0.25, 0.3) is 0 Å². The van der Waals surface area contributed by atoms with Gasteiger partial charge in [0.05, 0.1) is 0 Å². The summed E-state index contributed by atoms with van der Waals surface area (Å²) in [5, 5.41) is 7.00. The molecule has 2 unspecified atom stereocenters. The third kappa shape index (κ3) is 19.2. The zero-order valence-electron chi connectivity index (χ0n) is 12.6. The maximum atomic E-state index is 12.9. The van der Waals surface area contributed by atoms with Crippen LogP contribution in [0.1, 0.15) is 19.3 Å². The van der Waals surface area contributed by atoms with Crippen molar-refractivity contribution in [1.82, 2.24) is 0 Å². The molecule has 1 aliphatic rings. The Morgan fingerprint density at radius 3 is 1.78 bits per heavy atom. The zero-order valence-corrected chi connectivity index (χ0v) is 15.0. The van der Waals surface area contributed by atoms with Crippen molar-refractivity contribution in [1.29, 1.82) is 0 Å². The molecule has 0 amide bonds. The van der Waals surface area contributed by atoms with E-state index in [1.54, 1.807) is 35.2 Å². The summed E-state index contributed by atoms with van der Waals surface area (Å²) in [5.74, 6) is 1.16. The number of hydrogen-bond acceptors (Lipinski definition) is 1. The summed E-state index contributed by atoms with van der Waals surface area (Å²) < 4.78 is 16.7. The SMILES string of the molecule is C[N-]C.C[N-]C.C[N-]SCC1CCCC1F.[CH3-].[Ti+4]. The summed E-state index contributed by atoms with van der Waals surface area (Å²) in [6.45, 7) is 0.